The van der Waals surface area contributed by atoms with Gasteiger partial charge in [0, 0.05) is 0 Å². The largest absolute Gasteiger partial charge is 0.462 e. The van der Waals surface area contributed by atoms with Crippen LogP contribution in [0.3, 0.4) is 0 Å². The number of aliphatic imine (C=N–C) groups is 3. The lowest BCUT2D eigenvalue weighted by atomic mass is 10.1. The monoisotopic (exact) mass is 310 g/mol. The van der Waals surface area contributed by atoms with E-state index < -0.39 is 12.0 Å². The van der Waals surface area contributed by atoms with Gasteiger partial charge in [0.25, 0.3) is 0 Å². The van der Waals surface area contributed by atoms with Gasteiger partial charge in [-0.1, -0.05) is 0 Å². The van der Waals surface area contributed by atoms with Crippen LogP contribution in [0.15, 0.2) is 15.0 Å². The zero-order valence-corrected chi connectivity index (χ0v) is 11.6. The number of hydrogen-bond donors (Lipinski definition) is 1. The third-order valence-electron chi connectivity index (χ3n) is 2.05. The van der Waals surface area contributed by atoms with Crippen LogP contribution in [0.4, 0.5) is 0 Å². The molecule has 22 heavy (non-hydrogen) atoms. The number of nitrogens with one attached hydrogen (secondary N) is 1. The molecular formula is C12H14N4O6. The van der Waals surface area contributed by atoms with Crippen molar-refractivity contribution < 1.29 is 28.7 Å². The Morgan fingerprint density at radius 3 is 2.14 bits per heavy atom. The second-order valence-corrected chi connectivity index (χ2v) is 3.45. The van der Waals surface area contributed by atoms with Gasteiger partial charge in [0.15, 0.2) is 6.04 Å². The Kier molecular flexibility index (Phi) is 17.4. The normalized spacial score (nSPS) is 9.27. The molecule has 0 bridgehead atoms. The van der Waals surface area contributed by atoms with E-state index in [1.54, 1.807) is 0 Å². The quantitative estimate of drug-likeness (QED) is 0.258. The van der Waals surface area contributed by atoms with Crippen molar-refractivity contribution in [3.8, 4) is 0 Å². The molecular weight excluding hydrogens is 296 g/mol. The molecule has 0 amide bonds. The summed E-state index contributed by atoms with van der Waals surface area (Å²) in [6.45, 7) is 0.249. The van der Waals surface area contributed by atoms with Crippen LogP contribution < -0.4 is 0 Å². The summed E-state index contributed by atoms with van der Waals surface area (Å²) < 4.78 is 4.77. The van der Waals surface area contributed by atoms with Crippen molar-refractivity contribution in [3.63, 3.8) is 0 Å². The van der Waals surface area contributed by atoms with Crippen LogP contribution in [-0.2, 0) is 28.7 Å². The average Bonchev–Trinajstić information content (AvgIpc) is 2.51. The molecule has 0 spiro atoms. The zero-order chi connectivity index (χ0) is 17.1. The van der Waals surface area contributed by atoms with E-state index in [0.29, 0.717) is 25.8 Å². The molecule has 0 fully saturated rings. The maximum Gasteiger partial charge on any atom is 0.331 e. The molecule has 0 aliphatic rings. The zero-order valence-electron chi connectivity index (χ0n) is 11.6. The van der Waals surface area contributed by atoms with Gasteiger partial charge in [0.2, 0.25) is 24.3 Å². The molecule has 10 nitrogen and oxygen atoms in total. The number of unbranched alkanes of at least 4 members (excludes halogenated alkanes) is 1. The molecule has 10 heteroatoms. The number of isocyanates is 4. The van der Waals surface area contributed by atoms with Crippen molar-refractivity contribution >= 4 is 30.3 Å². The van der Waals surface area contributed by atoms with E-state index in [-0.39, 0.29) is 13.2 Å². The van der Waals surface area contributed by atoms with Gasteiger partial charge in [0.1, 0.15) is 6.61 Å². The van der Waals surface area contributed by atoms with Crippen LogP contribution in [-0.4, -0.2) is 56.0 Å². The molecule has 0 aliphatic carbocycles. The summed E-state index contributed by atoms with van der Waals surface area (Å²) in [6, 6.07) is -0.932. The molecule has 1 atom stereocenters. The number of hydrogen-bond acceptors (Lipinski definition) is 10. The minimum absolute atomic E-state index is 0.0147. The van der Waals surface area contributed by atoms with E-state index >= 15 is 0 Å². The van der Waals surface area contributed by atoms with Gasteiger partial charge in [-0.3, -0.25) is 0 Å². The van der Waals surface area contributed by atoms with E-state index in [1.165, 1.54) is 18.2 Å². The fourth-order valence-corrected chi connectivity index (χ4v) is 1.21. The first-order chi connectivity index (χ1) is 10.7. The molecule has 0 saturated heterocycles. The van der Waals surface area contributed by atoms with Crippen molar-refractivity contribution in [1.29, 1.82) is 5.41 Å². The number of nitrogens with zero attached hydrogens (tertiary/aromatic N) is 3. The summed E-state index contributed by atoms with van der Waals surface area (Å²) in [6.07, 6.45) is 6.17. The maximum atomic E-state index is 11.5. The number of ether oxygens (including phenoxy) is 1. The van der Waals surface area contributed by atoms with Gasteiger partial charge in [-0.15, -0.1) is 0 Å². The smallest absolute Gasteiger partial charge is 0.331 e. The number of carbonyl (C=O) groups is 1. The number of rotatable bonds is 10. The van der Waals surface area contributed by atoms with E-state index in [4.69, 9.17) is 14.9 Å². The molecule has 1 unspecified atom stereocenters. The molecule has 118 valence electrons. The Morgan fingerprint density at radius 2 is 1.59 bits per heavy atom. The van der Waals surface area contributed by atoms with Gasteiger partial charge in [-0.05, 0) is 19.3 Å². The predicted molar refractivity (Wildman–Crippen MR) is 71.1 cm³/mol. The third kappa shape index (κ3) is 15.0. The van der Waals surface area contributed by atoms with Gasteiger partial charge in [-0.25, -0.2) is 39.4 Å². The lowest BCUT2D eigenvalue weighted by molar-refractivity contribution is -0.145. The summed E-state index contributed by atoms with van der Waals surface area (Å²) in [5, 5.41) is 5.40. The van der Waals surface area contributed by atoms with Crippen LogP contribution in [0.25, 0.3) is 0 Å². The maximum absolute atomic E-state index is 11.5. The van der Waals surface area contributed by atoms with Crippen molar-refractivity contribution in [3.05, 3.63) is 0 Å². The van der Waals surface area contributed by atoms with Crippen LogP contribution in [0.5, 0.6) is 0 Å². The summed E-state index contributed by atoms with van der Waals surface area (Å²) in [5.41, 5.74) is 0. The van der Waals surface area contributed by atoms with Crippen molar-refractivity contribution in [2.45, 2.75) is 25.3 Å². The van der Waals surface area contributed by atoms with Gasteiger partial charge < -0.3 is 4.74 Å². The molecule has 0 aromatic carbocycles. The van der Waals surface area contributed by atoms with E-state index in [9.17, 15) is 19.2 Å². The van der Waals surface area contributed by atoms with E-state index in [0.717, 1.165) is 6.08 Å². The second kappa shape index (κ2) is 18.0. The molecule has 0 aliphatic heterocycles. The van der Waals surface area contributed by atoms with E-state index in [2.05, 4.69) is 15.0 Å². The van der Waals surface area contributed by atoms with Crippen LogP contribution in [0.2, 0.25) is 0 Å². The molecule has 0 heterocycles. The predicted octanol–water partition coefficient (Wildman–Crippen LogP) is -0.0231. The Labute approximate surface area is 125 Å². The number of esters is 1. The Morgan fingerprint density at radius 1 is 1.00 bits per heavy atom. The van der Waals surface area contributed by atoms with Crippen LogP contribution >= 0.6 is 0 Å². The van der Waals surface area contributed by atoms with Crippen molar-refractivity contribution in [2.75, 3.05) is 19.7 Å². The SMILES string of the molecule is N=C=O.O=C=NCCCCC(N=C=O)C(=O)OCCN=C=O. The highest BCUT2D eigenvalue weighted by molar-refractivity contribution is 5.76. The molecule has 0 radical (unpaired) electrons. The first kappa shape index (κ1) is 21.3. The van der Waals surface area contributed by atoms with Gasteiger partial charge >= 0.3 is 5.97 Å². The minimum atomic E-state index is -0.932. The highest BCUT2D eigenvalue weighted by atomic mass is 16.5. The summed E-state index contributed by atoms with van der Waals surface area (Å²) in [7, 11) is 0. The lowest BCUT2D eigenvalue weighted by Gasteiger charge is -2.09. The Balaban J connectivity index is 0. The molecule has 1 N–H and O–H groups in total. The lowest BCUT2D eigenvalue weighted by Crippen LogP contribution is -2.22. The Hall–Kier alpha value is -3.01. The topological polar surface area (TPSA) is 156 Å². The van der Waals surface area contributed by atoms with Crippen LogP contribution in [0, 0.1) is 5.41 Å². The molecule has 0 rings (SSSR count). The third-order valence-corrected chi connectivity index (χ3v) is 2.05. The van der Waals surface area contributed by atoms with Crippen molar-refractivity contribution in [2.24, 2.45) is 15.0 Å². The Bertz CT molecular complexity index is 496. The first-order valence-corrected chi connectivity index (χ1v) is 6.02. The molecule has 0 aromatic rings. The summed E-state index contributed by atoms with van der Waals surface area (Å²) >= 11 is 0. The van der Waals surface area contributed by atoms with E-state index in [1.807, 2.05) is 0 Å². The summed E-state index contributed by atoms with van der Waals surface area (Å²) in [4.78, 5) is 59.5. The fourth-order valence-electron chi connectivity index (χ4n) is 1.21. The molecule has 0 aromatic heterocycles. The fraction of sp³-hybridized carbons (Fsp3) is 0.583. The minimum Gasteiger partial charge on any atom is -0.462 e. The molecule has 0 saturated carbocycles. The second-order valence-electron chi connectivity index (χ2n) is 3.45. The average molecular weight is 310 g/mol. The van der Waals surface area contributed by atoms with Gasteiger partial charge in [-0.2, -0.15) is 4.99 Å². The first-order valence-electron chi connectivity index (χ1n) is 6.02. The van der Waals surface area contributed by atoms with Crippen molar-refractivity contribution in [1.82, 2.24) is 0 Å². The highest BCUT2D eigenvalue weighted by Gasteiger charge is 2.18. The number of carbonyl (C=O) groups excluding carboxylic acids is 5. The standard InChI is InChI=1S/C11H13N3O5.CHNO/c15-7-12-4-2-1-3-10(14-9-17)11(18)19-6-5-13-8-16;2-1-3/h10H,1-6H2;2H. The summed E-state index contributed by atoms with van der Waals surface area (Å²) in [5.74, 6) is -0.677. The van der Waals surface area contributed by atoms with Crippen LogP contribution in [0.1, 0.15) is 19.3 Å². The highest BCUT2D eigenvalue weighted by Crippen LogP contribution is 2.06. The van der Waals surface area contributed by atoms with Gasteiger partial charge in [0.05, 0.1) is 13.1 Å².